The maximum absolute atomic E-state index is 12.4. The van der Waals surface area contributed by atoms with Gasteiger partial charge in [0.05, 0.1) is 19.1 Å². The van der Waals surface area contributed by atoms with Gasteiger partial charge in [0.15, 0.2) is 0 Å². The summed E-state index contributed by atoms with van der Waals surface area (Å²) in [6.45, 7) is 3.58. The lowest BCUT2D eigenvalue weighted by Gasteiger charge is -2.24. The van der Waals surface area contributed by atoms with E-state index < -0.39 is 24.4 Å². The lowest BCUT2D eigenvalue weighted by Crippen LogP contribution is -2.28. The van der Waals surface area contributed by atoms with Crippen LogP contribution in [0.4, 0.5) is 8.78 Å². The zero-order chi connectivity index (χ0) is 14.6. The number of aliphatic hydroxyl groups excluding tert-OH is 1. The molecule has 2 unspecified atom stereocenters. The summed E-state index contributed by atoms with van der Waals surface area (Å²) in [6, 6.07) is 5.31. The summed E-state index contributed by atoms with van der Waals surface area (Å²) < 4.78 is 29.5. The van der Waals surface area contributed by atoms with Crippen LogP contribution in [0.15, 0.2) is 24.3 Å². The zero-order valence-corrected chi connectivity index (χ0v) is 11.1. The molecule has 0 saturated heterocycles. The van der Waals surface area contributed by atoms with Crippen molar-refractivity contribution in [3.05, 3.63) is 35.4 Å². The standard InChI is InChI=1S/C14H18F2O3/c1-8(2)11(14(18)19-3)12(17)9-4-6-10(7-5-9)13(15)16/h4-8,11-13,17H,1-3H3. The maximum Gasteiger partial charge on any atom is 0.311 e. The third kappa shape index (κ3) is 3.73. The van der Waals surface area contributed by atoms with Crippen LogP contribution in [0.2, 0.25) is 0 Å². The lowest BCUT2D eigenvalue weighted by atomic mass is 9.86. The molecule has 1 aromatic rings. The molecule has 0 bridgehead atoms. The summed E-state index contributed by atoms with van der Waals surface area (Å²) >= 11 is 0. The first-order chi connectivity index (χ1) is 8.88. The van der Waals surface area contributed by atoms with Crippen LogP contribution in [0.25, 0.3) is 0 Å². The highest BCUT2D eigenvalue weighted by atomic mass is 19.3. The smallest absolute Gasteiger partial charge is 0.311 e. The fourth-order valence-corrected chi connectivity index (χ4v) is 1.95. The van der Waals surface area contributed by atoms with Crippen molar-refractivity contribution in [2.75, 3.05) is 7.11 Å². The predicted octanol–water partition coefficient (Wildman–Crippen LogP) is 3.10. The van der Waals surface area contributed by atoms with E-state index in [1.165, 1.54) is 31.4 Å². The first-order valence-corrected chi connectivity index (χ1v) is 6.02. The summed E-state index contributed by atoms with van der Waals surface area (Å²) in [5, 5.41) is 10.2. The Balaban J connectivity index is 2.96. The summed E-state index contributed by atoms with van der Waals surface area (Å²) in [4.78, 5) is 11.6. The monoisotopic (exact) mass is 272 g/mol. The van der Waals surface area contributed by atoms with Crippen molar-refractivity contribution in [1.82, 2.24) is 0 Å². The number of aliphatic hydroxyl groups is 1. The average molecular weight is 272 g/mol. The Kier molecular flexibility index (Phi) is 5.42. The van der Waals surface area contributed by atoms with Gasteiger partial charge in [-0.1, -0.05) is 38.1 Å². The van der Waals surface area contributed by atoms with E-state index in [9.17, 15) is 18.7 Å². The third-order valence-electron chi connectivity index (χ3n) is 3.06. The predicted molar refractivity (Wildman–Crippen MR) is 66.7 cm³/mol. The molecule has 5 heteroatoms. The molecule has 1 rings (SSSR count). The quantitative estimate of drug-likeness (QED) is 0.838. The van der Waals surface area contributed by atoms with Gasteiger partial charge in [-0.05, 0) is 11.5 Å². The molecule has 0 spiro atoms. The number of ether oxygens (including phenoxy) is 1. The molecular weight excluding hydrogens is 254 g/mol. The fourth-order valence-electron chi connectivity index (χ4n) is 1.95. The molecule has 1 N–H and O–H groups in total. The topological polar surface area (TPSA) is 46.5 Å². The number of carbonyl (C=O) groups excluding carboxylic acids is 1. The van der Waals surface area contributed by atoms with Gasteiger partial charge in [-0.15, -0.1) is 0 Å². The molecule has 0 aromatic heterocycles. The van der Waals surface area contributed by atoms with Crippen LogP contribution in [0.5, 0.6) is 0 Å². The summed E-state index contributed by atoms with van der Waals surface area (Å²) in [5.74, 6) is -1.36. The van der Waals surface area contributed by atoms with Crippen molar-refractivity contribution < 1.29 is 23.4 Å². The van der Waals surface area contributed by atoms with Gasteiger partial charge in [-0.3, -0.25) is 4.79 Å². The van der Waals surface area contributed by atoms with Crippen LogP contribution >= 0.6 is 0 Å². The first kappa shape index (κ1) is 15.6. The molecule has 0 aliphatic rings. The number of benzene rings is 1. The maximum atomic E-state index is 12.4. The Morgan fingerprint density at radius 1 is 1.16 bits per heavy atom. The van der Waals surface area contributed by atoms with Crippen molar-refractivity contribution in [2.24, 2.45) is 11.8 Å². The van der Waals surface area contributed by atoms with E-state index in [1.54, 1.807) is 13.8 Å². The van der Waals surface area contributed by atoms with Crippen LogP contribution in [0, 0.1) is 11.8 Å². The van der Waals surface area contributed by atoms with E-state index >= 15 is 0 Å². The van der Waals surface area contributed by atoms with Gasteiger partial charge < -0.3 is 9.84 Å². The minimum absolute atomic E-state index is 0.116. The molecule has 3 nitrogen and oxygen atoms in total. The minimum atomic E-state index is -2.55. The van der Waals surface area contributed by atoms with Crippen molar-refractivity contribution >= 4 is 5.97 Å². The number of carbonyl (C=O) groups is 1. The van der Waals surface area contributed by atoms with Crippen LogP contribution in [0.3, 0.4) is 0 Å². The molecule has 0 fully saturated rings. The molecule has 19 heavy (non-hydrogen) atoms. The Morgan fingerprint density at radius 2 is 1.63 bits per heavy atom. The van der Waals surface area contributed by atoms with Gasteiger partial charge >= 0.3 is 5.97 Å². The minimum Gasteiger partial charge on any atom is -0.469 e. The van der Waals surface area contributed by atoms with Crippen LogP contribution in [-0.4, -0.2) is 18.2 Å². The molecule has 1 aromatic carbocycles. The molecule has 0 aliphatic heterocycles. The fraction of sp³-hybridized carbons (Fsp3) is 0.500. The second-order valence-electron chi connectivity index (χ2n) is 4.71. The number of hydrogen-bond donors (Lipinski definition) is 1. The van der Waals surface area contributed by atoms with Crippen LogP contribution < -0.4 is 0 Å². The van der Waals surface area contributed by atoms with Crippen molar-refractivity contribution in [1.29, 1.82) is 0 Å². The van der Waals surface area contributed by atoms with Crippen molar-refractivity contribution in [3.8, 4) is 0 Å². The first-order valence-electron chi connectivity index (χ1n) is 6.02. The molecule has 0 saturated carbocycles. The molecule has 0 amide bonds. The van der Waals surface area contributed by atoms with E-state index in [2.05, 4.69) is 4.74 Å². The lowest BCUT2D eigenvalue weighted by molar-refractivity contribution is -0.152. The summed E-state index contributed by atoms with van der Waals surface area (Å²) in [6.07, 6.45) is -3.62. The molecule has 106 valence electrons. The second-order valence-corrected chi connectivity index (χ2v) is 4.71. The van der Waals surface area contributed by atoms with E-state index in [0.29, 0.717) is 5.56 Å². The molecule has 0 heterocycles. The normalized spacial score (nSPS) is 14.5. The molecular formula is C14H18F2O3. The average Bonchev–Trinajstić information content (AvgIpc) is 2.38. The molecule has 0 aliphatic carbocycles. The third-order valence-corrected chi connectivity index (χ3v) is 3.06. The van der Waals surface area contributed by atoms with Crippen LogP contribution in [-0.2, 0) is 9.53 Å². The van der Waals surface area contributed by atoms with Crippen molar-refractivity contribution in [3.63, 3.8) is 0 Å². The number of halogens is 2. The zero-order valence-electron chi connectivity index (χ0n) is 11.1. The van der Waals surface area contributed by atoms with Gasteiger partial charge in [0, 0.05) is 5.56 Å². The molecule has 0 radical (unpaired) electrons. The number of methoxy groups -OCH3 is 1. The number of hydrogen-bond acceptors (Lipinski definition) is 3. The van der Waals surface area contributed by atoms with E-state index in [1.807, 2.05) is 0 Å². The Labute approximate surface area is 111 Å². The highest BCUT2D eigenvalue weighted by Gasteiger charge is 2.31. The largest absolute Gasteiger partial charge is 0.469 e. The van der Waals surface area contributed by atoms with E-state index in [4.69, 9.17) is 0 Å². The van der Waals surface area contributed by atoms with E-state index in [-0.39, 0.29) is 11.5 Å². The molecule has 2 atom stereocenters. The van der Waals surface area contributed by atoms with Crippen LogP contribution in [0.1, 0.15) is 37.5 Å². The van der Waals surface area contributed by atoms with Gasteiger partial charge in [-0.2, -0.15) is 0 Å². The SMILES string of the molecule is COC(=O)C(C(C)C)C(O)c1ccc(C(F)F)cc1. The Bertz CT molecular complexity index is 415. The Morgan fingerprint density at radius 3 is 2.00 bits per heavy atom. The summed E-state index contributed by atoms with van der Waals surface area (Å²) in [5.41, 5.74) is 0.309. The second kappa shape index (κ2) is 6.61. The van der Waals surface area contributed by atoms with Gasteiger partial charge in [0.25, 0.3) is 6.43 Å². The number of esters is 1. The van der Waals surface area contributed by atoms with Gasteiger partial charge in [0.2, 0.25) is 0 Å². The van der Waals surface area contributed by atoms with Gasteiger partial charge in [0.1, 0.15) is 0 Å². The number of alkyl halides is 2. The highest BCUT2D eigenvalue weighted by molar-refractivity contribution is 5.73. The van der Waals surface area contributed by atoms with Gasteiger partial charge in [-0.25, -0.2) is 8.78 Å². The summed E-state index contributed by atoms with van der Waals surface area (Å²) in [7, 11) is 1.25. The number of rotatable bonds is 5. The highest BCUT2D eigenvalue weighted by Crippen LogP contribution is 2.30. The van der Waals surface area contributed by atoms with Crippen molar-refractivity contribution in [2.45, 2.75) is 26.4 Å². The van der Waals surface area contributed by atoms with E-state index in [0.717, 1.165) is 0 Å². The Hall–Kier alpha value is -1.49.